The molecule has 1 aliphatic heterocycles. The SMILES string of the molecule is NCc1ccccc1N1CCOC2CCCC21. The highest BCUT2D eigenvalue weighted by Gasteiger charge is 2.36. The second-order valence-corrected chi connectivity index (χ2v) is 4.93. The Labute approximate surface area is 103 Å². The van der Waals surface area contributed by atoms with E-state index >= 15 is 0 Å². The fraction of sp³-hybridized carbons (Fsp3) is 0.571. The zero-order valence-corrected chi connectivity index (χ0v) is 10.1. The van der Waals surface area contributed by atoms with Gasteiger partial charge < -0.3 is 15.4 Å². The van der Waals surface area contributed by atoms with Gasteiger partial charge in [-0.2, -0.15) is 0 Å². The molecule has 1 aliphatic carbocycles. The van der Waals surface area contributed by atoms with Gasteiger partial charge in [0.25, 0.3) is 0 Å². The minimum Gasteiger partial charge on any atom is -0.374 e. The number of nitrogens with two attached hydrogens (primary N) is 1. The first kappa shape index (κ1) is 11.1. The lowest BCUT2D eigenvalue weighted by Crippen LogP contribution is -2.49. The van der Waals surface area contributed by atoms with Crippen molar-refractivity contribution in [3.8, 4) is 0 Å². The van der Waals surface area contributed by atoms with Crippen molar-refractivity contribution in [3.63, 3.8) is 0 Å². The van der Waals surface area contributed by atoms with Gasteiger partial charge in [0.15, 0.2) is 0 Å². The lowest BCUT2D eigenvalue weighted by molar-refractivity contribution is 0.0256. The average molecular weight is 232 g/mol. The van der Waals surface area contributed by atoms with E-state index < -0.39 is 0 Å². The molecule has 17 heavy (non-hydrogen) atoms. The van der Waals surface area contributed by atoms with E-state index in [-0.39, 0.29) is 0 Å². The van der Waals surface area contributed by atoms with Gasteiger partial charge in [-0.05, 0) is 30.9 Å². The van der Waals surface area contributed by atoms with Crippen LogP contribution in [0.15, 0.2) is 24.3 Å². The van der Waals surface area contributed by atoms with Crippen molar-refractivity contribution < 1.29 is 4.74 Å². The number of rotatable bonds is 2. The second-order valence-electron chi connectivity index (χ2n) is 4.93. The number of morpholine rings is 1. The zero-order chi connectivity index (χ0) is 11.7. The maximum atomic E-state index is 5.85. The summed E-state index contributed by atoms with van der Waals surface area (Å²) in [6.45, 7) is 2.46. The number of fused-ring (bicyclic) bond motifs is 1. The molecule has 1 aromatic rings. The van der Waals surface area contributed by atoms with Gasteiger partial charge in [0.05, 0.1) is 18.8 Å². The van der Waals surface area contributed by atoms with Gasteiger partial charge in [0.2, 0.25) is 0 Å². The van der Waals surface area contributed by atoms with E-state index in [4.69, 9.17) is 10.5 Å². The van der Waals surface area contributed by atoms with Crippen molar-refractivity contribution in [1.29, 1.82) is 0 Å². The summed E-state index contributed by atoms with van der Waals surface area (Å²) in [6, 6.07) is 9.07. The molecule has 1 aromatic carbocycles. The van der Waals surface area contributed by atoms with Crippen LogP contribution in [0, 0.1) is 0 Å². The van der Waals surface area contributed by atoms with Gasteiger partial charge in [0, 0.05) is 18.8 Å². The Morgan fingerprint density at radius 1 is 1.29 bits per heavy atom. The van der Waals surface area contributed by atoms with Crippen molar-refractivity contribution >= 4 is 5.69 Å². The number of ether oxygens (including phenoxy) is 1. The van der Waals surface area contributed by atoms with Gasteiger partial charge in [0.1, 0.15) is 0 Å². The van der Waals surface area contributed by atoms with Crippen LogP contribution < -0.4 is 10.6 Å². The minimum absolute atomic E-state index is 0.439. The fourth-order valence-electron chi connectivity index (χ4n) is 3.19. The number of anilines is 1. The molecule has 92 valence electrons. The Balaban J connectivity index is 1.91. The third-order valence-corrected chi connectivity index (χ3v) is 4.00. The third-order valence-electron chi connectivity index (χ3n) is 4.00. The van der Waals surface area contributed by atoms with Gasteiger partial charge in [-0.25, -0.2) is 0 Å². The summed E-state index contributed by atoms with van der Waals surface area (Å²) in [7, 11) is 0. The van der Waals surface area contributed by atoms with Crippen LogP contribution in [0.5, 0.6) is 0 Å². The molecule has 1 heterocycles. The summed E-state index contributed by atoms with van der Waals surface area (Å²) >= 11 is 0. The molecule has 0 radical (unpaired) electrons. The van der Waals surface area contributed by atoms with E-state index in [1.807, 2.05) is 0 Å². The molecule has 0 bridgehead atoms. The normalized spacial score (nSPS) is 28.2. The van der Waals surface area contributed by atoms with Gasteiger partial charge >= 0.3 is 0 Å². The highest BCUT2D eigenvalue weighted by Crippen LogP contribution is 2.34. The highest BCUT2D eigenvalue weighted by atomic mass is 16.5. The highest BCUT2D eigenvalue weighted by molar-refractivity contribution is 5.55. The first-order valence-electron chi connectivity index (χ1n) is 6.56. The van der Waals surface area contributed by atoms with Crippen LogP contribution in [0.25, 0.3) is 0 Å². The lowest BCUT2D eigenvalue weighted by atomic mass is 10.1. The Hall–Kier alpha value is -1.06. The molecule has 1 saturated carbocycles. The lowest BCUT2D eigenvalue weighted by Gasteiger charge is -2.40. The Morgan fingerprint density at radius 2 is 2.18 bits per heavy atom. The molecule has 0 spiro atoms. The molecule has 3 heteroatoms. The molecule has 0 aromatic heterocycles. The summed E-state index contributed by atoms with van der Waals surface area (Å²) in [5.41, 5.74) is 8.40. The maximum absolute atomic E-state index is 5.85. The van der Waals surface area contributed by atoms with Crippen LogP contribution in [-0.4, -0.2) is 25.3 Å². The molecule has 2 aliphatic rings. The summed E-state index contributed by atoms with van der Waals surface area (Å²) in [5, 5.41) is 0. The molecule has 3 rings (SSSR count). The van der Waals surface area contributed by atoms with Gasteiger partial charge in [-0.3, -0.25) is 0 Å². The van der Waals surface area contributed by atoms with Crippen molar-refractivity contribution in [2.24, 2.45) is 5.73 Å². The van der Waals surface area contributed by atoms with E-state index in [9.17, 15) is 0 Å². The van der Waals surface area contributed by atoms with Gasteiger partial charge in [-0.15, -0.1) is 0 Å². The smallest absolute Gasteiger partial charge is 0.0779 e. The molecule has 2 N–H and O–H groups in total. The topological polar surface area (TPSA) is 38.5 Å². The maximum Gasteiger partial charge on any atom is 0.0779 e. The molecule has 0 amide bonds. The number of benzene rings is 1. The minimum atomic E-state index is 0.439. The monoisotopic (exact) mass is 232 g/mol. The van der Waals surface area contributed by atoms with E-state index in [1.165, 1.54) is 30.5 Å². The first-order chi connectivity index (χ1) is 8.40. The number of para-hydroxylation sites is 1. The molecule has 1 saturated heterocycles. The predicted octanol–water partition coefficient (Wildman–Crippen LogP) is 1.90. The van der Waals surface area contributed by atoms with Crippen LogP contribution in [0.2, 0.25) is 0 Å². The van der Waals surface area contributed by atoms with Crippen molar-refractivity contribution in [2.75, 3.05) is 18.1 Å². The average Bonchev–Trinajstić information content (AvgIpc) is 2.86. The van der Waals surface area contributed by atoms with Crippen molar-refractivity contribution in [2.45, 2.75) is 38.0 Å². The summed E-state index contributed by atoms with van der Waals surface area (Å²) in [5.74, 6) is 0. The van der Waals surface area contributed by atoms with Crippen LogP contribution in [0.1, 0.15) is 24.8 Å². The van der Waals surface area contributed by atoms with E-state index in [0.29, 0.717) is 18.7 Å². The van der Waals surface area contributed by atoms with E-state index in [1.54, 1.807) is 0 Å². The van der Waals surface area contributed by atoms with Crippen LogP contribution in [-0.2, 0) is 11.3 Å². The molecule has 2 fully saturated rings. The largest absolute Gasteiger partial charge is 0.374 e. The predicted molar refractivity (Wildman–Crippen MR) is 69.1 cm³/mol. The molecular formula is C14H20N2O. The number of hydrogen-bond acceptors (Lipinski definition) is 3. The first-order valence-corrected chi connectivity index (χ1v) is 6.56. The van der Waals surface area contributed by atoms with Gasteiger partial charge in [-0.1, -0.05) is 18.2 Å². The summed E-state index contributed by atoms with van der Waals surface area (Å²) in [4.78, 5) is 2.52. The van der Waals surface area contributed by atoms with Crippen LogP contribution in [0.3, 0.4) is 0 Å². The molecule has 2 unspecified atom stereocenters. The molecule has 3 nitrogen and oxygen atoms in total. The summed E-state index contributed by atoms with van der Waals surface area (Å²) in [6.07, 6.45) is 4.20. The van der Waals surface area contributed by atoms with Crippen LogP contribution in [0.4, 0.5) is 5.69 Å². The zero-order valence-electron chi connectivity index (χ0n) is 10.1. The Bertz CT molecular complexity index is 394. The van der Waals surface area contributed by atoms with Crippen LogP contribution >= 0.6 is 0 Å². The number of hydrogen-bond donors (Lipinski definition) is 1. The quantitative estimate of drug-likeness (QED) is 0.846. The fourth-order valence-corrected chi connectivity index (χ4v) is 3.19. The van der Waals surface area contributed by atoms with E-state index in [2.05, 4.69) is 29.2 Å². The van der Waals surface area contributed by atoms with Crippen molar-refractivity contribution in [1.82, 2.24) is 0 Å². The summed E-state index contributed by atoms with van der Waals surface area (Å²) < 4.78 is 5.85. The third kappa shape index (κ3) is 1.94. The standard InChI is InChI=1S/C14H20N2O/c15-10-11-4-1-2-5-12(11)16-8-9-17-14-7-3-6-13(14)16/h1-2,4-5,13-14H,3,6-10,15H2. The molecule has 2 atom stereocenters. The Kier molecular flexibility index (Phi) is 3.04. The second kappa shape index (κ2) is 4.67. The number of nitrogens with zero attached hydrogens (tertiary/aromatic N) is 1. The molecular weight excluding hydrogens is 212 g/mol. The Morgan fingerprint density at radius 3 is 3.06 bits per heavy atom. The van der Waals surface area contributed by atoms with Crippen molar-refractivity contribution in [3.05, 3.63) is 29.8 Å². The van der Waals surface area contributed by atoms with E-state index in [0.717, 1.165) is 13.2 Å².